The van der Waals surface area contributed by atoms with Gasteiger partial charge in [-0.2, -0.15) is 0 Å². The maximum atomic E-state index is 12.8. The maximum absolute atomic E-state index is 12.8. The van der Waals surface area contributed by atoms with Crippen LogP contribution in [0.5, 0.6) is 0 Å². The number of hydrogen-bond acceptors (Lipinski definition) is 6. The first-order chi connectivity index (χ1) is 13.0. The molecule has 1 N–H and O–H groups in total. The van der Waals surface area contributed by atoms with Crippen molar-refractivity contribution in [2.24, 2.45) is 10.6 Å². The number of rotatable bonds is 6. The van der Waals surface area contributed by atoms with Crippen LogP contribution in [0, 0.1) is 12.3 Å². The average Bonchev–Trinajstić information content (AvgIpc) is 3.15. The molecule has 0 bridgehead atoms. The number of hydrogen-bond donors (Lipinski definition) is 1. The van der Waals surface area contributed by atoms with Crippen LogP contribution in [-0.2, 0) is 23.9 Å². The van der Waals surface area contributed by atoms with Crippen LogP contribution in [0.25, 0.3) is 0 Å². The van der Waals surface area contributed by atoms with E-state index in [9.17, 15) is 9.59 Å². The molecule has 2 heterocycles. The molecule has 0 unspecified atom stereocenters. The molecule has 2 aliphatic rings. The molecule has 2 aliphatic heterocycles. The molecule has 27 heavy (non-hydrogen) atoms. The Kier molecular flexibility index (Phi) is 6.11. The Morgan fingerprint density at radius 1 is 1.26 bits per heavy atom. The summed E-state index contributed by atoms with van der Waals surface area (Å²) >= 11 is 0. The van der Waals surface area contributed by atoms with Crippen molar-refractivity contribution in [1.82, 2.24) is 5.32 Å². The van der Waals surface area contributed by atoms with Crippen LogP contribution in [0.1, 0.15) is 36.8 Å². The van der Waals surface area contributed by atoms with Gasteiger partial charge in [0.2, 0.25) is 5.91 Å². The first-order valence-corrected chi connectivity index (χ1v) is 9.25. The Balaban J connectivity index is 1.64. The lowest BCUT2D eigenvalue weighted by atomic mass is 9.74. The minimum absolute atomic E-state index is 0.130. The average molecular weight is 374 g/mol. The van der Waals surface area contributed by atoms with E-state index >= 15 is 0 Å². The first-order valence-electron chi connectivity index (χ1n) is 9.25. The zero-order valence-electron chi connectivity index (χ0n) is 15.8. The van der Waals surface area contributed by atoms with Crippen LogP contribution in [0.2, 0.25) is 0 Å². The second-order valence-electron chi connectivity index (χ2n) is 7.19. The van der Waals surface area contributed by atoms with Gasteiger partial charge in [0.1, 0.15) is 12.6 Å². The van der Waals surface area contributed by atoms with Crippen molar-refractivity contribution in [3.8, 4) is 0 Å². The number of esters is 1. The summed E-state index contributed by atoms with van der Waals surface area (Å²) in [5, 5.41) is 6.95. The summed E-state index contributed by atoms with van der Waals surface area (Å²) in [5.74, 6) is -0.615. The summed E-state index contributed by atoms with van der Waals surface area (Å²) in [7, 11) is 1.30. The molecule has 146 valence electrons. The van der Waals surface area contributed by atoms with Crippen molar-refractivity contribution in [1.29, 1.82) is 0 Å². The highest BCUT2D eigenvalue weighted by atomic mass is 16.6. The van der Waals surface area contributed by atoms with E-state index in [1.807, 2.05) is 31.2 Å². The van der Waals surface area contributed by atoms with Gasteiger partial charge in [-0.3, -0.25) is 9.59 Å². The molecule has 7 heteroatoms. The molecule has 1 atom stereocenters. The quantitative estimate of drug-likeness (QED) is 0.770. The third kappa shape index (κ3) is 4.66. The number of carbonyl (C=O) groups excluding carboxylic acids is 2. The van der Waals surface area contributed by atoms with Crippen LogP contribution >= 0.6 is 0 Å². The lowest BCUT2D eigenvalue weighted by molar-refractivity contribution is -0.146. The van der Waals surface area contributed by atoms with Gasteiger partial charge in [0.05, 0.1) is 18.2 Å². The molecule has 0 aromatic heterocycles. The molecule has 1 fully saturated rings. The minimum Gasteiger partial charge on any atom is -0.468 e. The number of nitrogens with one attached hydrogen (secondary N) is 1. The molecule has 0 radical (unpaired) electrons. The van der Waals surface area contributed by atoms with Crippen LogP contribution in [0.4, 0.5) is 0 Å². The molecule has 3 rings (SSSR count). The molecule has 1 amide bonds. The van der Waals surface area contributed by atoms with Gasteiger partial charge >= 0.3 is 5.97 Å². The molecule has 1 aromatic rings. The summed E-state index contributed by atoms with van der Waals surface area (Å²) in [6, 6.07) is 8.16. The SMILES string of the molecule is COC(=O)CNC(=O)C1(C[C@@H]2CC(c3ccc(C)cc3)=NO2)CCOCC1. The summed E-state index contributed by atoms with van der Waals surface area (Å²) in [6.45, 7) is 2.95. The normalized spacial score (nSPS) is 21.1. The second-order valence-corrected chi connectivity index (χ2v) is 7.19. The van der Waals surface area contributed by atoms with Gasteiger partial charge in [-0.1, -0.05) is 35.0 Å². The van der Waals surface area contributed by atoms with Crippen molar-refractivity contribution >= 4 is 17.6 Å². The topological polar surface area (TPSA) is 86.2 Å². The molecule has 0 spiro atoms. The highest BCUT2D eigenvalue weighted by Gasteiger charge is 2.43. The van der Waals surface area contributed by atoms with Crippen LogP contribution in [-0.4, -0.2) is 50.6 Å². The van der Waals surface area contributed by atoms with Gasteiger partial charge in [0, 0.05) is 26.1 Å². The van der Waals surface area contributed by atoms with Crippen LogP contribution in [0.3, 0.4) is 0 Å². The van der Waals surface area contributed by atoms with Crippen molar-refractivity contribution in [2.45, 2.75) is 38.7 Å². The summed E-state index contributed by atoms with van der Waals surface area (Å²) in [5.41, 5.74) is 2.52. The number of aryl methyl sites for hydroxylation is 1. The zero-order valence-corrected chi connectivity index (χ0v) is 15.8. The fourth-order valence-corrected chi connectivity index (χ4v) is 3.59. The van der Waals surface area contributed by atoms with Gasteiger partial charge < -0.3 is 19.6 Å². The number of benzene rings is 1. The Labute approximate surface area is 159 Å². The van der Waals surface area contributed by atoms with Crippen molar-refractivity contribution < 1.29 is 23.9 Å². The predicted molar refractivity (Wildman–Crippen MR) is 99.3 cm³/mol. The van der Waals surface area contributed by atoms with Gasteiger partial charge in [0.25, 0.3) is 0 Å². The van der Waals surface area contributed by atoms with Gasteiger partial charge in [-0.15, -0.1) is 0 Å². The summed E-state index contributed by atoms with van der Waals surface area (Å²) < 4.78 is 10.1. The molecule has 7 nitrogen and oxygen atoms in total. The number of carbonyl (C=O) groups is 2. The van der Waals surface area contributed by atoms with Crippen LogP contribution < -0.4 is 5.32 Å². The first kappa shape index (κ1) is 19.4. The van der Waals surface area contributed by atoms with Crippen LogP contribution in [0.15, 0.2) is 29.4 Å². The highest BCUT2D eigenvalue weighted by Crippen LogP contribution is 2.38. The number of ether oxygens (including phenoxy) is 2. The predicted octanol–water partition coefficient (Wildman–Crippen LogP) is 1.96. The third-order valence-electron chi connectivity index (χ3n) is 5.29. The molecular formula is C20H26N2O5. The Bertz CT molecular complexity index is 708. The maximum Gasteiger partial charge on any atom is 0.325 e. The lowest BCUT2D eigenvalue weighted by Gasteiger charge is -2.36. The lowest BCUT2D eigenvalue weighted by Crippen LogP contribution is -2.47. The van der Waals surface area contributed by atoms with E-state index in [-0.39, 0.29) is 18.6 Å². The van der Waals surface area contributed by atoms with E-state index in [0.717, 1.165) is 11.3 Å². The smallest absolute Gasteiger partial charge is 0.325 e. The summed E-state index contributed by atoms with van der Waals surface area (Å²) in [6.07, 6.45) is 2.24. The van der Waals surface area contributed by atoms with Gasteiger partial charge in [-0.25, -0.2) is 0 Å². The van der Waals surface area contributed by atoms with E-state index in [1.54, 1.807) is 0 Å². The molecule has 1 saturated heterocycles. The Hall–Kier alpha value is -2.41. The second kappa shape index (κ2) is 8.52. The van der Waals surface area contributed by atoms with E-state index < -0.39 is 11.4 Å². The Morgan fingerprint density at radius 2 is 1.96 bits per heavy atom. The molecular weight excluding hydrogens is 348 g/mol. The standard InChI is InChI=1S/C20H26N2O5/c1-14-3-5-15(6-4-14)17-11-16(27-22-17)12-20(7-9-26-10-8-20)19(24)21-13-18(23)25-2/h3-6,16H,7-13H2,1-2H3,(H,21,24)/t16-/m0/s1. The highest BCUT2D eigenvalue weighted by molar-refractivity contribution is 6.01. The number of amides is 1. The minimum atomic E-state index is -0.616. The third-order valence-corrected chi connectivity index (χ3v) is 5.29. The number of nitrogens with zero attached hydrogens (tertiary/aromatic N) is 1. The molecule has 1 aromatic carbocycles. The van der Waals surface area contributed by atoms with E-state index in [1.165, 1.54) is 12.7 Å². The van der Waals surface area contributed by atoms with E-state index in [4.69, 9.17) is 9.57 Å². The fraction of sp³-hybridized carbons (Fsp3) is 0.550. The zero-order chi connectivity index (χ0) is 19.3. The van der Waals surface area contributed by atoms with Gasteiger partial charge in [0.15, 0.2) is 0 Å². The fourth-order valence-electron chi connectivity index (χ4n) is 3.59. The monoisotopic (exact) mass is 374 g/mol. The van der Waals surface area contributed by atoms with E-state index in [2.05, 4.69) is 15.2 Å². The number of oxime groups is 1. The molecule has 0 saturated carbocycles. The summed E-state index contributed by atoms with van der Waals surface area (Å²) in [4.78, 5) is 29.9. The number of methoxy groups -OCH3 is 1. The van der Waals surface area contributed by atoms with Crippen molar-refractivity contribution in [2.75, 3.05) is 26.9 Å². The van der Waals surface area contributed by atoms with Crippen molar-refractivity contribution in [3.63, 3.8) is 0 Å². The van der Waals surface area contributed by atoms with E-state index in [0.29, 0.717) is 38.9 Å². The largest absolute Gasteiger partial charge is 0.468 e. The van der Waals surface area contributed by atoms with Crippen molar-refractivity contribution in [3.05, 3.63) is 35.4 Å². The Morgan fingerprint density at radius 3 is 2.63 bits per heavy atom. The molecule has 0 aliphatic carbocycles. The van der Waals surface area contributed by atoms with Gasteiger partial charge in [-0.05, 0) is 25.3 Å².